The summed E-state index contributed by atoms with van der Waals surface area (Å²) < 4.78 is 11.2. The van der Waals surface area contributed by atoms with Crippen LogP contribution in [0.1, 0.15) is 36.1 Å². The van der Waals surface area contributed by atoms with Gasteiger partial charge in [-0.2, -0.15) is 0 Å². The molecule has 0 saturated carbocycles. The van der Waals surface area contributed by atoms with E-state index in [0.717, 1.165) is 37.7 Å². The van der Waals surface area contributed by atoms with Crippen molar-refractivity contribution in [2.75, 3.05) is 39.9 Å². The second-order valence-electron chi connectivity index (χ2n) is 8.13. The summed E-state index contributed by atoms with van der Waals surface area (Å²) in [5, 5.41) is 2.36. The van der Waals surface area contributed by atoms with Gasteiger partial charge in [-0.25, -0.2) is 0 Å². The summed E-state index contributed by atoms with van der Waals surface area (Å²) in [7, 11) is 1.69. The van der Waals surface area contributed by atoms with Crippen molar-refractivity contribution in [3.05, 3.63) is 46.2 Å². The molecule has 2 aromatic rings. The lowest BCUT2D eigenvalue weighted by atomic mass is 9.99. The first kappa shape index (κ1) is 19.7. The highest BCUT2D eigenvalue weighted by Crippen LogP contribution is 2.24. The summed E-state index contributed by atoms with van der Waals surface area (Å²) in [6.07, 6.45) is 5.26. The molecular weight excluding hydrogens is 368 g/mol. The predicted octanol–water partition coefficient (Wildman–Crippen LogP) is 4.64. The van der Waals surface area contributed by atoms with Crippen LogP contribution in [0.4, 0.5) is 0 Å². The van der Waals surface area contributed by atoms with Crippen molar-refractivity contribution in [3.63, 3.8) is 0 Å². The molecule has 28 heavy (non-hydrogen) atoms. The van der Waals surface area contributed by atoms with Gasteiger partial charge in [-0.15, -0.1) is 11.3 Å². The maximum atomic E-state index is 6.04. The first-order valence-corrected chi connectivity index (χ1v) is 11.4. The van der Waals surface area contributed by atoms with Crippen LogP contribution in [0.5, 0.6) is 11.5 Å². The smallest absolute Gasteiger partial charge is 0.119 e. The molecule has 152 valence electrons. The molecule has 2 saturated heterocycles. The molecule has 2 aliphatic rings. The van der Waals surface area contributed by atoms with Crippen LogP contribution in [0.2, 0.25) is 0 Å². The van der Waals surface area contributed by atoms with E-state index >= 15 is 0 Å². The molecule has 2 aliphatic heterocycles. The number of nitrogens with zero attached hydrogens (tertiary/aromatic N) is 2. The Balaban J connectivity index is 1.23. The first-order chi connectivity index (χ1) is 13.8. The zero-order valence-corrected chi connectivity index (χ0v) is 17.8. The van der Waals surface area contributed by atoms with Crippen LogP contribution in [0.25, 0.3) is 0 Å². The molecule has 1 atom stereocenters. The monoisotopic (exact) mass is 400 g/mol. The summed E-state index contributed by atoms with van der Waals surface area (Å²) in [4.78, 5) is 6.70. The molecule has 0 aliphatic carbocycles. The van der Waals surface area contributed by atoms with E-state index in [2.05, 4.69) is 21.2 Å². The zero-order chi connectivity index (χ0) is 19.2. The van der Waals surface area contributed by atoms with Gasteiger partial charge in [0.05, 0.1) is 13.7 Å². The number of hydrogen-bond donors (Lipinski definition) is 0. The number of hydrogen-bond acceptors (Lipinski definition) is 5. The number of likely N-dealkylation sites (tertiary alicyclic amines) is 2. The second kappa shape index (κ2) is 9.77. The normalized spacial score (nSPS) is 21.1. The Morgan fingerprint density at radius 1 is 0.964 bits per heavy atom. The van der Waals surface area contributed by atoms with E-state index < -0.39 is 0 Å². The van der Waals surface area contributed by atoms with Gasteiger partial charge in [0, 0.05) is 30.4 Å². The van der Waals surface area contributed by atoms with Crippen LogP contribution in [0.3, 0.4) is 0 Å². The minimum Gasteiger partial charge on any atom is -0.497 e. The van der Waals surface area contributed by atoms with Crippen molar-refractivity contribution in [2.45, 2.75) is 38.8 Å². The lowest BCUT2D eigenvalue weighted by Crippen LogP contribution is -2.37. The van der Waals surface area contributed by atoms with Crippen molar-refractivity contribution < 1.29 is 9.47 Å². The van der Waals surface area contributed by atoms with E-state index in [9.17, 15) is 0 Å². The fourth-order valence-corrected chi connectivity index (χ4v) is 5.25. The molecule has 0 amide bonds. The average molecular weight is 401 g/mol. The molecule has 3 heterocycles. The van der Waals surface area contributed by atoms with Crippen LogP contribution in [-0.2, 0) is 13.1 Å². The standard InChI is InChI=1S/C23H32N2O2S/c1-26-21-6-8-22(9-7-21)27-17-19-5-4-12-25(14-19)16-23-13-20(18-28-23)15-24-10-2-3-11-24/h6-9,13,18-19H,2-5,10-12,14-17H2,1H3. The molecule has 0 bridgehead atoms. The van der Waals surface area contributed by atoms with Crippen molar-refractivity contribution in [1.29, 1.82) is 0 Å². The van der Waals surface area contributed by atoms with E-state index in [4.69, 9.17) is 9.47 Å². The quantitative estimate of drug-likeness (QED) is 0.644. The topological polar surface area (TPSA) is 24.9 Å². The van der Waals surface area contributed by atoms with Gasteiger partial charge in [0.2, 0.25) is 0 Å². The highest BCUT2D eigenvalue weighted by Gasteiger charge is 2.21. The van der Waals surface area contributed by atoms with Crippen molar-refractivity contribution in [1.82, 2.24) is 9.80 Å². The summed E-state index contributed by atoms with van der Waals surface area (Å²) in [6.45, 7) is 7.90. The Morgan fingerprint density at radius 3 is 2.50 bits per heavy atom. The van der Waals surface area contributed by atoms with Crippen LogP contribution in [-0.4, -0.2) is 49.7 Å². The lowest BCUT2D eigenvalue weighted by molar-refractivity contribution is 0.126. The number of thiophene rings is 1. The third-order valence-corrected chi connectivity index (χ3v) is 6.81. The number of piperidine rings is 1. The number of benzene rings is 1. The molecule has 0 spiro atoms. The van der Waals surface area contributed by atoms with E-state index in [-0.39, 0.29) is 0 Å². The number of methoxy groups -OCH3 is 1. The predicted molar refractivity (Wildman–Crippen MR) is 115 cm³/mol. The molecule has 4 nitrogen and oxygen atoms in total. The largest absolute Gasteiger partial charge is 0.497 e. The Morgan fingerprint density at radius 2 is 1.71 bits per heavy atom. The van der Waals surface area contributed by atoms with Gasteiger partial charge in [0.15, 0.2) is 0 Å². The number of ether oxygens (including phenoxy) is 2. The summed E-state index contributed by atoms with van der Waals surface area (Å²) in [5.74, 6) is 2.42. The van der Waals surface area contributed by atoms with Gasteiger partial charge in [-0.05, 0) is 86.6 Å². The van der Waals surface area contributed by atoms with Gasteiger partial charge in [0.1, 0.15) is 11.5 Å². The highest BCUT2D eigenvalue weighted by atomic mass is 32.1. The van der Waals surface area contributed by atoms with Crippen LogP contribution in [0, 0.1) is 5.92 Å². The zero-order valence-electron chi connectivity index (χ0n) is 16.9. The fraction of sp³-hybridized carbons (Fsp3) is 0.565. The SMILES string of the molecule is COc1ccc(OCC2CCCN(Cc3cc(CN4CCCC4)cs3)C2)cc1. The van der Waals surface area contributed by atoms with Crippen molar-refractivity contribution >= 4 is 11.3 Å². The Hall–Kier alpha value is -1.56. The Bertz CT molecular complexity index is 724. The summed E-state index contributed by atoms with van der Waals surface area (Å²) in [5.41, 5.74) is 1.50. The third kappa shape index (κ3) is 5.49. The van der Waals surface area contributed by atoms with Crippen LogP contribution >= 0.6 is 11.3 Å². The number of rotatable bonds is 8. The molecule has 1 unspecified atom stereocenters. The van der Waals surface area contributed by atoms with Crippen LogP contribution in [0.15, 0.2) is 35.7 Å². The molecule has 1 aromatic heterocycles. The van der Waals surface area contributed by atoms with E-state index in [1.54, 1.807) is 7.11 Å². The molecule has 1 aromatic carbocycles. The van der Waals surface area contributed by atoms with Crippen LogP contribution < -0.4 is 9.47 Å². The molecule has 2 fully saturated rings. The maximum absolute atomic E-state index is 6.04. The van der Waals surface area contributed by atoms with Gasteiger partial charge in [-0.3, -0.25) is 9.80 Å². The second-order valence-corrected chi connectivity index (χ2v) is 9.13. The van der Waals surface area contributed by atoms with Crippen molar-refractivity contribution in [3.8, 4) is 11.5 Å². The maximum Gasteiger partial charge on any atom is 0.119 e. The van der Waals surface area contributed by atoms with E-state index in [1.807, 2.05) is 35.6 Å². The van der Waals surface area contributed by atoms with Gasteiger partial charge in [0.25, 0.3) is 0 Å². The van der Waals surface area contributed by atoms with Gasteiger partial charge < -0.3 is 9.47 Å². The van der Waals surface area contributed by atoms with E-state index in [1.165, 1.54) is 55.8 Å². The van der Waals surface area contributed by atoms with Crippen molar-refractivity contribution in [2.24, 2.45) is 5.92 Å². The molecule has 5 heteroatoms. The summed E-state index contributed by atoms with van der Waals surface area (Å²) >= 11 is 1.93. The Kier molecular flexibility index (Phi) is 6.89. The third-order valence-electron chi connectivity index (χ3n) is 5.84. The van der Waals surface area contributed by atoms with E-state index in [0.29, 0.717) is 5.92 Å². The van der Waals surface area contributed by atoms with Gasteiger partial charge in [-0.1, -0.05) is 0 Å². The first-order valence-electron chi connectivity index (χ1n) is 10.6. The molecule has 0 N–H and O–H groups in total. The Labute approximate surface area is 173 Å². The molecule has 0 radical (unpaired) electrons. The molecular formula is C23H32N2O2S. The lowest BCUT2D eigenvalue weighted by Gasteiger charge is -2.32. The van der Waals surface area contributed by atoms with Gasteiger partial charge >= 0.3 is 0 Å². The minimum atomic E-state index is 0.611. The summed E-state index contributed by atoms with van der Waals surface area (Å²) in [6, 6.07) is 10.3. The highest BCUT2D eigenvalue weighted by molar-refractivity contribution is 7.10. The fourth-order valence-electron chi connectivity index (χ4n) is 4.33. The minimum absolute atomic E-state index is 0.611. The molecule has 4 rings (SSSR count). The average Bonchev–Trinajstić information content (AvgIpc) is 3.40.